The number of aliphatic carboxylic acids is 1. The van der Waals surface area contributed by atoms with Crippen LogP contribution in [0, 0.1) is 0 Å². The van der Waals surface area contributed by atoms with E-state index in [0.717, 1.165) is 11.3 Å². The average Bonchev–Trinajstić information content (AvgIpc) is 2.19. The molecule has 0 spiro atoms. The van der Waals surface area contributed by atoms with Crippen molar-refractivity contribution in [3.63, 3.8) is 0 Å². The minimum Gasteiger partial charge on any atom is -0.480 e. The fourth-order valence-corrected chi connectivity index (χ4v) is 1.15. The molecule has 0 aliphatic rings. The number of hydrogen-bond acceptors (Lipinski definition) is 3. The highest BCUT2D eigenvalue weighted by atomic mass is 16.4. The maximum absolute atomic E-state index is 10.5. The summed E-state index contributed by atoms with van der Waals surface area (Å²) in [6.07, 6.45) is 0.360. The molecule has 0 radical (unpaired) electrons. The van der Waals surface area contributed by atoms with Gasteiger partial charge in [-0.25, -0.2) is 0 Å². The van der Waals surface area contributed by atoms with Crippen molar-refractivity contribution in [1.29, 1.82) is 0 Å². The number of benzene rings is 1. The molecule has 0 heterocycles. The highest BCUT2D eigenvalue weighted by Crippen LogP contribution is 2.09. The van der Waals surface area contributed by atoms with Crippen LogP contribution in [0.1, 0.15) is 5.56 Å². The van der Waals surface area contributed by atoms with Crippen molar-refractivity contribution >= 4 is 11.7 Å². The number of hydrogen-bond donors (Lipinski definition) is 3. The zero-order valence-corrected chi connectivity index (χ0v) is 8.03. The zero-order chi connectivity index (χ0) is 10.6. The number of rotatable bonds is 4. The Kier molecular flexibility index (Phi) is 3.48. The minimum atomic E-state index is -0.970. The molecule has 0 saturated heterocycles. The molecule has 0 aliphatic carbocycles. The fraction of sp³-hybridized carbons (Fsp3) is 0.300. The van der Waals surface area contributed by atoms with Crippen molar-refractivity contribution in [3.05, 3.63) is 29.8 Å². The summed E-state index contributed by atoms with van der Waals surface area (Å²) < 4.78 is 0. The first-order chi connectivity index (χ1) is 6.63. The summed E-state index contributed by atoms with van der Waals surface area (Å²) in [4.78, 5) is 10.5. The van der Waals surface area contributed by atoms with Crippen molar-refractivity contribution in [3.8, 4) is 0 Å². The Bertz CT molecular complexity index is 308. The van der Waals surface area contributed by atoms with Gasteiger partial charge in [0.15, 0.2) is 0 Å². The highest BCUT2D eigenvalue weighted by Gasteiger charge is 2.11. The number of nitrogens with one attached hydrogen (secondary N) is 1. The van der Waals surface area contributed by atoms with Crippen LogP contribution in [0.2, 0.25) is 0 Å². The van der Waals surface area contributed by atoms with E-state index in [1.807, 2.05) is 31.3 Å². The van der Waals surface area contributed by atoms with Gasteiger partial charge in [-0.05, 0) is 24.1 Å². The molecule has 1 aromatic rings. The lowest BCUT2D eigenvalue weighted by molar-refractivity contribution is -0.138. The molecule has 4 heteroatoms. The summed E-state index contributed by atoms with van der Waals surface area (Å²) >= 11 is 0. The van der Waals surface area contributed by atoms with Crippen LogP contribution in [-0.4, -0.2) is 24.2 Å². The molecule has 1 atom stereocenters. The molecule has 0 fully saturated rings. The van der Waals surface area contributed by atoms with Crippen LogP contribution < -0.4 is 11.1 Å². The van der Waals surface area contributed by atoms with E-state index in [1.165, 1.54) is 0 Å². The van der Waals surface area contributed by atoms with E-state index in [-0.39, 0.29) is 0 Å². The predicted octanol–water partition coefficient (Wildman–Crippen LogP) is 0.683. The van der Waals surface area contributed by atoms with E-state index >= 15 is 0 Å². The highest BCUT2D eigenvalue weighted by molar-refractivity contribution is 5.73. The van der Waals surface area contributed by atoms with Crippen LogP contribution in [0.4, 0.5) is 5.69 Å². The Morgan fingerprint density at radius 3 is 2.50 bits per heavy atom. The van der Waals surface area contributed by atoms with Gasteiger partial charge in [-0.1, -0.05) is 12.1 Å². The fourth-order valence-electron chi connectivity index (χ4n) is 1.15. The van der Waals surface area contributed by atoms with Crippen molar-refractivity contribution in [2.45, 2.75) is 12.5 Å². The Morgan fingerprint density at radius 2 is 2.07 bits per heavy atom. The second kappa shape index (κ2) is 4.62. The summed E-state index contributed by atoms with van der Waals surface area (Å²) in [7, 11) is 1.83. The molecular weight excluding hydrogens is 180 g/mol. The predicted molar refractivity (Wildman–Crippen MR) is 55.3 cm³/mol. The third-order valence-electron chi connectivity index (χ3n) is 2.02. The van der Waals surface area contributed by atoms with Gasteiger partial charge in [0, 0.05) is 12.7 Å². The molecule has 4 N–H and O–H groups in total. The first-order valence-corrected chi connectivity index (χ1v) is 4.38. The lowest BCUT2D eigenvalue weighted by Gasteiger charge is -2.07. The summed E-state index contributed by atoms with van der Waals surface area (Å²) in [5, 5.41) is 11.6. The second-order valence-corrected chi connectivity index (χ2v) is 3.10. The zero-order valence-electron chi connectivity index (χ0n) is 8.03. The number of carbonyl (C=O) groups is 1. The number of carboxylic acid groups (broad SMARTS) is 1. The molecule has 0 amide bonds. The van der Waals surface area contributed by atoms with Crippen molar-refractivity contribution in [2.24, 2.45) is 5.73 Å². The molecule has 4 nitrogen and oxygen atoms in total. The third kappa shape index (κ3) is 2.74. The lowest BCUT2D eigenvalue weighted by atomic mass is 10.1. The third-order valence-corrected chi connectivity index (χ3v) is 2.02. The van der Waals surface area contributed by atoms with Gasteiger partial charge in [0.2, 0.25) is 0 Å². The normalized spacial score (nSPS) is 12.1. The maximum atomic E-state index is 10.5. The Morgan fingerprint density at radius 1 is 1.50 bits per heavy atom. The monoisotopic (exact) mass is 194 g/mol. The molecule has 76 valence electrons. The topological polar surface area (TPSA) is 75.3 Å². The molecule has 0 aromatic heterocycles. The van der Waals surface area contributed by atoms with Crippen LogP contribution in [0.5, 0.6) is 0 Å². The van der Waals surface area contributed by atoms with Crippen LogP contribution in [0.25, 0.3) is 0 Å². The van der Waals surface area contributed by atoms with Crippen LogP contribution in [-0.2, 0) is 11.2 Å². The van der Waals surface area contributed by atoms with Gasteiger partial charge >= 0.3 is 5.97 Å². The summed E-state index contributed by atoms with van der Waals surface area (Å²) in [5.74, 6) is -0.970. The SMILES string of the molecule is CNc1ccc(CC(N)C(=O)O)cc1. The number of anilines is 1. The number of carboxylic acids is 1. The number of nitrogens with two attached hydrogens (primary N) is 1. The summed E-state index contributed by atoms with van der Waals surface area (Å²) in [6, 6.07) is 6.70. The standard InChI is InChI=1S/C10H14N2O2/c1-12-8-4-2-7(3-5-8)6-9(11)10(13)14/h2-5,9,12H,6,11H2,1H3,(H,13,14). The second-order valence-electron chi connectivity index (χ2n) is 3.10. The summed E-state index contributed by atoms with van der Waals surface area (Å²) in [6.45, 7) is 0. The molecule has 0 bridgehead atoms. The van der Waals surface area contributed by atoms with E-state index in [1.54, 1.807) is 0 Å². The summed E-state index contributed by atoms with van der Waals surface area (Å²) in [5.41, 5.74) is 7.33. The van der Waals surface area contributed by atoms with Gasteiger partial charge in [-0.2, -0.15) is 0 Å². The van der Waals surface area contributed by atoms with E-state index in [9.17, 15) is 4.79 Å². The molecular formula is C10H14N2O2. The van der Waals surface area contributed by atoms with Crippen LogP contribution in [0.15, 0.2) is 24.3 Å². The van der Waals surface area contributed by atoms with E-state index < -0.39 is 12.0 Å². The maximum Gasteiger partial charge on any atom is 0.320 e. The molecule has 1 unspecified atom stereocenters. The van der Waals surface area contributed by atoms with Crippen molar-refractivity contribution < 1.29 is 9.90 Å². The first-order valence-electron chi connectivity index (χ1n) is 4.38. The van der Waals surface area contributed by atoms with Gasteiger partial charge < -0.3 is 16.2 Å². The largest absolute Gasteiger partial charge is 0.480 e. The smallest absolute Gasteiger partial charge is 0.320 e. The van der Waals surface area contributed by atoms with Crippen molar-refractivity contribution in [1.82, 2.24) is 0 Å². The van der Waals surface area contributed by atoms with E-state index in [4.69, 9.17) is 10.8 Å². The van der Waals surface area contributed by atoms with Gasteiger partial charge in [-0.15, -0.1) is 0 Å². The first kappa shape index (κ1) is 10.5. The molecule has 1 rings (SSSR count). The van der Waals surface area contributed by atoms with E-state index in [2.05, 4.69) is 5.32 Å². The Balaban J connectivity index is 2.64. The van der Waals surface area contributed by atoms with Crippen molar-refractivity contribution in [2.75, 3.05) is 12.4 Å². The minimum absolute atomic E-state index is 0.360. The van der Waals surface area contributed by atoms with Gasteiger partial charge in [0.05, 0.1) is 0 Å². The van der Waals surface area contributed by atoms with E-state index in [0.29, 0.717) is 6.42 Å². The van der Waals surface area contributed by atoms with Crippen LogP contribution in [0.3, 0.4) is 0 Å². The molecule has 1 aromatic carbocycles. The molecule has 0 aliphatic heterocycles. The van der Waals surface area contributed by atoms with Gasteiger partial charge in [-0.3, -0.25) is 4.79 Å². The van der Waals surface area contributed by atoms with Gasteiger partial charge in [0.1, 0.15) is 6.04 Å². The lowest BCUT2D eigenvalue weighted by Crippen LogP contribution is -2.32. The van der Waals surface area contributed by atoms with Gasteiger partial charge in [0.25, 0.3) is 0 Å². The average molecular weight is 194 g/mol. The molecule has 0 saturated carbocycles. The Labute approximate surface area is 82.7 Å². The quantitative estimate of drug-likeness (QED) is 0.659. The Hall–Kier alpha value is -1.55. The molecule has 14 heavy (non-hydrogen) atoms. The van der Waals surface area contributed by atoms with Crippen LogP contribution >= 0.6 is 0 Å².